The van der Waals surface area contributed by atoms with Crippen LogP contribution in [-0.2, 0) is 10.4 Å². The maximum absolute atomic E-state index is 9.09. The Morgan fingerprint density at radius 2 is 1.11 bits per heavy atom. The van der Waals surface area contributed by atoms with Crippen LogP contribution in [0.3, 0.4) is 0 Å². The van der Waals surface area contributed by atoms with Gasteiger partial charge in [-0.2, -0.15) is 0 Å². The number of quaternary nitrogens is 2. The zero-order valence-electron chi connectivity index (χ0n) is 16.0. The van der Waals surface area contributed by atoms with Crippen molar-refractivity contribution in [3.8, 4) is 11.5 Å². The average Bonchev–Trinajstić information content (AvgIpc) is 2.52. The maximum atomic E-state index is 9.09. The van der Waals surface area contributed by atoms with Gasteiger partial charge in [-0.3, -0.25) is 8.42 Å². The number of aromatic hydroxyl groups is 2. The Hall–Kier alpha value is -2.17. The molecule has 2 rings (SSSR count). The molecule has 152 valence electrons. The second kappa shape index (κ2) is 12.3. The van der Waals surface area contributed by atoms with Crippen molar-refractivity contribution in [2.45, 2.75) is 27.7 Å². The number of hydrogen-bond acceptors (Lipinski definition) is 6. The fourth-order valence-corrected chi connectivity index (χ4v) is 2.22. The molecule has 0 aromatic heterocycles. The van der Waals surface area contributed by atoms with E-state index in [4.69, 9.17) is 27.7 Å². The summed E-state index contributed by atoms with van der Waals surface area (Å²) in [4.78, 5) is 0. The first-order valence-corrected chi connectivity index (χ1v) is 9.73. The molecule has 0 atom stereocenters. The van der Waals surface area contributed by atoms with Crippen molar-refractivity contribution in [2.24, 2.45) is 0 Å². The Morgan fingerprint density at radius 1 is 0.815 bits per heavy atom. The number of aryl methyl sites for hydroxylation is 2. The number of hydrogen-bond donors (Lipinski definition) is 4. The SMILES string of the molecule is CC[NH2+]c1ccc(O)cc1C.CC[NH2+]c1ccc(O)cc1C.O=S(=O)([O-])[O-]. The van der Waals surface area contributed by atoms with Crippen LogP contribution < -0.4 is 10.6 Å². The summed E-state index contributed by atoms with van der Waals surface area (Å²) >= 11 is 0. The van der Waals surface area contributed by atoms with Crippen molar-refractivity contribution in [2.75, 3.05) is 13.1 Å². The van der Waals surface area contributed by atoms with E-state index in [1.54, 1.807) is 24.3 Å². The summed E-state index contributed by atoms with van der Waals surface area (Å²) in [5.74, 6) is 0.687. The summed E-state index contributed by atoms with van der Waals surface area (Å²) in [5.41, 5.74) is 4.69. The lowest BCUT2D eigenvalue weighted by Gasteiger charge is -2.06. The van der Waals surface area contributed by atoms with Crippen LogP contribution in [0, 0.1) is 13.8 Å². The van der Waals surface area contributed by atoms with Crippen molar-refractivity contribution in [3.05, 3.63) is 47.5 Å². The van der Waals surface area contributed by atoms with E-state index in [0.29, 0.717) is 11.5 Å². The number of rotatable bonds is 4. The number of phenolic OH excluding ortho intramolecular Hbond substituents is 2. The molecule has 2 aromatic carbocycles. The van der Waals surface area contributed by atoms with Gasteiger partial charge in [0.1, 0.15) is 22.9 Å². The van der Waals surface area contributed by atoms with Gasteiger partial charge in [0.25, 0.3) is 0 Å². The van der Waals surface area contributed by atoms with Crippen LogP contribution in [0.15, 0.2) is 36.4 Å². The molecule has 9 heteroatoms. The third-order valence-electron chi connectivity index (χ3n) is 3.35. The Kier molecular flexibility index (Phi) is 11.3. The normalized spacial score (nSPS) is 10.3. The van der Waals surface area contributed by atoms with Crippen LogP contribution in [0.25, 0.3) is 0 Å². The molecule has 0 fully saturated rings. The van der Waals surface area contributed by atoms with E-state index in [-0.39, 0.29) is 0 Å². The van der Waals surface area contributed by atoms with E-state index in [1.807, 2.05) is 26.0 Å². The monoisotopic (exact) mass is 400 g/mol. The maximum Gasteiger partial charge on any atom is 0.132 e. The summed E-state index contributed by atoms with van der Waals surface area (Å²) in [6, 6.07) is 10.9. The van der Waals surface area contributed by atoms with Gasteiger partial charge in [-0.25, -0.2) is 0 Å². The van der Waals surface area contributed by atoms with E-state index in [0.717, 1.165) is 24.2 Å². The molecule has 0 unspecified atom stereocenters. The fraction of sp³-hybridized carbons (Fsp3) is 0.333. The summed E-state index contributed by atoms with van der Waals surface area (Å²) in [5, 5.41) is 22.5. The number of phenols is 2. The topological polar surface area (TPSA) is 154 Å². The van der Waals surface area contributed by atoms with Crippen LogP contribution in [0.5, 0.6) is 11.5 Å². The van der Waals surface area contributed by atoms with Gasteiger partial charge in [0.05, 0.1) is 13.1 Å². The van der Waals surface area contributed by atoms with E-state index >= 15 is 0 Å². The van der Waals surface area contributed by atoms with Crippen LogP contribution in [0.4, 0.5) is 11.4 Å². The van der Waals surface area contributed by atoms with Crippen molar-refractivity contribution < 1.29 is 38.4 Å². The largest absolute Gasteiger partial charge is 0.759 e. The molecule has 0 aliphatic carbocycles. The molecule has 0 aliphatic heterocycles. The number of benzene rings is 2. The van der Waals surface area contributed by atoms with Gasteiger partial charge < -0.3 is 30.0 Å². The molecule has 0 saturated heterocycles. The molecule has 0 bridgehead atoms. The Morgan fingerprint density at radius 3 is 1.33 bits per heavy atom. The highest BCUT2D eigenvalue weighted by atomic mass is 32.3. The highest BCUT2D eigenvalue weighted by Gasteiger charge is 2.01. The third-order valence-corrected chi connectivity index (χ3v) is 3.35. The molecule has 6 N–H and O–H groups in total. The van der Waals surface area contributed by atoms with E-state index in [9.17, 15) is 0 Å². The van der Waals surface area contributed by atoms with E-state index < -0.39 is 10.4 Å². The second-order valence-corrected chi connectivity index (χ2v) is 6.53. The highest BCUT2D eigenvalue weighted by Crippen LogP contribution is 2.16. The molecule has 0 heterocycles. The standard InChI is InChI=1S/2C9H13NO.H2O4S/c2*1-3-10-9-5-4-8(11)6-7(9)2;1-5(2,3)4/h2*4-6,10-11H,3H2,1-2H3;(H2,1,2,3,4). The molecule has 27 heavy (non-hydrogen) atoms. The predicted molar refractivity (Wildman–Crippen MR) is 100 cm³/mol. The first-order chi connectivity index (χ1) is 12.5. The molecule has 2 aromatic rings. The quantitative estimate of drug-likeness (QED) is 0.253. The zero-order chi connectivity index (χ0) is 21.0. The lowest BCUT2D eigenvalue weighted by atomic mass is 10.2. The third kappa shape index (κ3) is 12.8. The van der Waals surface area contributed by atoms with Gasteiger partial charge in [-0.15, -0.1) is 0 Å². The minimum absolute atomic E-state index is 0.343. The summed E-state index contributed by atoms with van der Waals surface area (Å²) in [6.45, 7) is 10.3. The van der Waals surface area contributed by atoms with Crippen molar-refractivity contribution in [1.29, 1.82) is 0 Å². The molecular weight excluding hydrogens is 372 g/mol. The fourth-order valence-electron chi connectivity index (χ4n) is 2.22. The molecule has 0 amide bonds. The lowest BCUT2D eigenvalue weighted by Crippen LogP contribution is -2.77. The minimum Gasteiger partial charge on any atom is -0.759 e. The Bertz CT molecular complexity index is 748. The van der Waals surface area contributed by atoms with E-state index in [2.05, 4.69) is 24.5 Å². The van der Waals surface area contributed by atoms with Gasteiger partial charge in [-0.1, -0.05) is 0 Å². The van der Waals surface area contributed by atoms with Gasteiger partial charge in [0.2, 0.25) is 0 Å². The first-order valence-electron chi connectivity index (χ1n) is 8.40. The summed E-state index contributed by atoms with van der Waals surface area (Å²) in [7, 11) is -5.17. The van der Waals surface area contributed by atoms with Crippen molar-refractivity contribution in [1.82, 2.24) is 0 Å². The smallest absolute Gasteiger partial charge is 0.132 e. The molecular formula is C18H28N2O6S. The van der Waals surface area contributed by atoms with Gasteiger partial charge >= 0.3 is 0 Å². The lowest BCUT2D eigenvalue weighted by molar-refractivity contribution is -0.568. The van der Waals surface area contributed by atoms with Gasteiger partial charge in [-0.05, 0) is 52.0 Å². The van der Waals surface area contributed by atoms with Crippen LogP contribution in [0.2, 0.25) is 0 Å². The van der Waals surface area contributed by atoms with E-state index in [1.165, 1.54) is 11.4 Å². The average molecular weight is 400 g/mol. The van der Waals surface area contributed by atoms with Crippen molar-refractivity contribution >= 4 is 21.8 Å². The number of nitrogens with two attached hydrogens (primary N) is 2. The Labute approximate surface area is 160 Å². The molecule has 0 aliphatic rings. The summed E-state index contributed by atoms with van der Waals surface area (Å²) in [6.07, 6.45) is 0. The zero-order valence-corrected chi connectivity index (χ0v) is 16.8. The van der Waals surface area contributed by atoms with Gasteiger partial charge in [0, 0.05) is 33.7 Å². The summed E-state index contributed by atoms with van der Waals surface area (Å²) < 4.78 is 34.1. The molecule has 0 radical (unpaired) electrons. The first kappa shape index (κ1) is 24.8. The highest BCUT2D eigenvalue weighted by molar-refractivity contribution is 7.79. The van der Waals surface area contributed by atoms with Crippen molar-refractivity contribution in [3.63, 3.8) is 0 Å². The molecule has 0 saturated carbocycles. The molecule has 0 spiro atoms. The minimum atomic E-state index is -5.17. The predicted octanol–water partition coefficient (Wildman–Crippen LogP) is 0.493. The van der Waals surface area contributed by atoms with Crippen LogP contribution in [0.1, 0.15) is 25.0 Å². The second-order valence-electron chi connectivity index (χ2n) is 5.71. The van der Waals surface area contributed by atoms with Gasteiger partial charge in [0.15, 0.2) is 0 Å². The van der Waals surface area contributed by atoms with Crippen LogP contribution in [-0.4, -0.2) is 40.8 Å². The molecule has 8 nitrogen and oxygen atoms in total. The van der Waals surface area contributed by atoms with Crippen LogP contribution >= 0.6 is 0 Å². The Balaban J connectivity index is 0.000000405.